The number of aliphatic imine (C=N–C) groups is 1. The number of pyridine rings is 1. The minimum Gasteiger partial charge on any atom is -0.444 e. The molecule has 164 valence electrons. The van der Waals surface area contributed by atoms with Crippen molar-refractivity contribution in [3.05, 3.63) is 24.5 Å². The average molecular weight is 540 g/mol. The van der Waals surface area contributed by atoms with Gasteiger partial charge in [-0.2, -0.15) is 0 Å². The zero-order chi connectivity index (χ0) is 20.8. The first-order chi connectivity index (χ1) is 13.1. The first-order valence-corrected chi connectivity index (χ1v) is 10.4. The van der Waals surface area contributed by atoms with E-state index in [1.807, 2.05) is 20.8 Å². The number of nitrogens with one attached hydrogen (secondary N) is 3. The number of aromatic nitrogens is 1. The largest absolute Gasteiger partial charge is 0.444 e. The number of guanidine groups is 1. The molecule has 29 heavy (non-hydrogen) atoms. The van der Waals surface area contributed by atoms with Gasteiger partial charge in [0.2, 0.25) is 10.0 Å². The summed E-state index contributed by atoms with van der Waals surface area (Å²) >= 11 is 0. The maximum absolute atomic E-state index is 12.1. The summed E-state index contributed by atoms with van der Waals surface area (Å²) in [4.78, 5) is 21.6. The molecular formula is C17H29IN6O4S. The third kappa shape index (κ3) is 8.30. The van der Waals surface area contributed by atoms with Gasteiger partial charge in [0, 0.05) is 45.6 Å². The van der Waals surface area contributed by atoms with E-state index in [1.165, 1.54) is 18.5 Å². The highest BCUT2D eigenvalue weighted by Crippen LogP contribution is 2.15. The van der Waals surface area contributed by atoms with Gasteiger partial charge >= 0.3 is 6.09 Å². The van der Waals surface area contributed by atoms with Crippen LogP contribution < -0.4 is 15.4 Å². The monoisotopic (exact) mass is 540 g/mol. The number of likely N-dealkylation sites (tertiary alicyclic amines) is 1. The summed E-state index contributed by atoms with van der Waals surface area (Å²) in [5.74, 6) is 0.536. The second-order valence-electron chi connectivity index (χ2n) is 7.31. The molecule has 0 atom stereocenters. The summed E-state index contributed by atoms with van der Waals surface area (Å²) in [5.41, 5.74) is -0.518. The molecule has 0 radical (unpaired) electrons. The van der Waals surface area contributed by atoms with Gasteiger partial charge in [0.15, 0.2) is 5.96 Å². The molecule has 1 saturated heterocycles. The fourth-order valence-electron chi connectivity index (χ4n) is 2.39. The van der Waals surface area contributed by atoms with Crippen LogP contribution in [0.25, 0.3) is 0 Å². The van der Waals surface area contributed by atoms with Crippen LogP contribution in [0.3, 0.4) is 0 Å². The second-order valence-corrected chi connectivity index (χ2v) is 9.08. The Labute approximate surface area is 189 Å². The van der Waals surface area contributed by atoms with Gasteiger partial charge in [-0.15, -0.1) is 24.0 Å². The molecule has 2 rings (SSSR count). The fraction of sp³-hybridized carbons (Fsp3) is 0.588. The summed E-state index contributed by atoms with van der Waals surface area (Å²) < 4.78 is 32.0. The number of amides is 1. The number of halogens is 1. The number of nitrogens with zero attached hydrogens (tertiary/aromatic N) is 3. The van der Waals surface area contributed by atoms with Gasteiger partial charge < -0.3 is 20.3 Å². The highest BCUT2D eigenvalue weighted by atomic mass is 127. The van der Waals surface area contributed by atoms with Crippen molar-refractivity contribution in [2.45, 2.75) is 37.3 Å². The molecule has 1 aromatic rings. The van der Waals surface area contributed by atoms with E-state index in [0.29, 0.717) is 25.6 Å². The molecule has 10 nitrogen and oxygen atoms in total. The lowest BCUT2D eigenvalue weighted by Crippen LogP contribution is -2.63. The van der Waals surface area contributed by atoms with Gasteiger partial charge in [-0.1, -0.05) is 0 Å². The molecule has 3 N–H and O–H groups in total. The van der Waals surface area contributed by atoms with E-state index in [0.717, 1.165) is 0 Å². The molecule has 0 saturated carbocycles. The third-order valence-electron chi connectivity index (χ3n) is 3.75. The van der Waals surface area contributed by atoms with Crippen molar-refractivity contribution >= 4 is 46.1 Å². The Kier molecular flexibility index (Phi) is 9.55. The van der Waals surface area contributed by atoms with E-state index in [2.05, 4.69) is 25.3 Å². The Morgan fingerprint density at radius 3 is 2.59 bits per heavy atom. The van der Waals surface area contributed by atoms with Gasteiger partial charge in [0.05, 0.1) is 6.04 Å². The van der Waals surface area contributed by atoms with Crippen molar-refractivity contribution in [1.82, 2.24) is 25.2 Å². The Balaban J connectivity index is 0.00000420. The molecule has 1 aromatic heterocycles. The summed E-state index contributed by atoms with van der Waals surface area (Å²) in [6.07, 6.45) is 2.47. The predicted molar refractivity (Wildman–Crippen MR) is 121 cm³/mol. The molecule has 1 amide bonds. The highest BCUT2D eigenvalue weighted by Gasteiger charge is 2.34. The quantitative estimate of drug-likeness (QED) is 0.211. The normalized spacial score (nSPS) is 15.2. The van der Waals surface area contributed by atoms with Crippen LogP contribution in [0.5, 0.6) is 0 Å². The fourth-order valence-corrected chi connectivity index (χ4v) is 3.38. The van der Waals surface area contributed by atoms with Crippen LogP contribution in [-0.2, 0) is 14.8 Å². The maximum Gasteiger partial charge on any atom is 0.410 e. The molecule has 2 heterocycles. The van der Waals surface area contributed by atoms with E-state index in [-0.39, 0.29) is 47.6 Å². The number of hydrogen-bond donors (Lipinski definition) is 3. The Bertz CT molecular complexity index is 792. The molecule has 0 unspecified atom stereocenters. The van der Waals surface area contributed by atoms with E-state index < -0.39 is 15.6 Å². The number of hydrogen-bond acceptors (Lipinski definition) is 6. The van der Waals surface area contributed by atoms with Crippen LogP contribution >= 0.6 is 24.0 Å². The third-order valence-corrected chi connectivity index (χ3v) is 5.20. The van der Waals surface area contributed by atoms with Crippen molar-refractivity contribution < 1.29 is 17.9 Å². The molecule has 0 aromatic carbocycles. The van der Waals surface area contributed by atoms with Crippen molar-refractivity contribution in [2.75, 3.05) is 33.2 Å². The van der Waals surface area contributed by atoms with E-state index >= 15 is 0 Å². The van der Waals surface area contributed by atoms with Crippen molar-refractivity contribution in [2.24, 2.45) is 4.99 Å². The number of carbonyl (C=O) groups is 1. The number of ether oxygens (including phenoxy) is 1. The van der Waals surface area contributed by atoms with Gasteiger partial charge in [-0.25, -0.2) is 17.9 Å². The van der Waals surface area contributed by atoms with E-state index in [9.17, 15) is 13.2 Å². The van der Waals surface area contributed by atoms with Crippen molar-refractivity contribution in [1.29, 1.82) is 0 Å². The summed E-state index contributed by atoms with van der Waals surface area (Å²) in [7, 11) is -1.96. The van der Waals surface area contributed by atoms with Gasteiger partial charge in [-0.3, -0.25) is 9.98 Å². The minimum atomic E-state index is -3.58. The Morgan fingerprint density at radius 2 is 2.03 bits per heavy atom. The Hall–Kier alpha value is -1.67. The topological polar surface area (TPSA) is 125 Å². The van der Waals surface area contributed by atoms with Crippen molar-refractivity contribution in [3.8, 4) is 0 Å². The molecule has 1 fully saturated rings. The van der Waals surface area contributed by atoms with Crippen LogP contribution in [-0.4, -0.2) is 75.2 Å². The maximum atomic E-state index is 12.1. The zero-order valence-electron chi connectivity index (χ0n) is 17.0. The van der Waals surface area contributed by atoms with Crippen LogP contribution in [0.2, 0.25) is 0 Å². The van der Waals surface area contributed by atoms with Crippen LogP contribution in [0.15, 0.2) is 34.4 Å². The number of sulfonamides is 1. The lowest BCUT2D eigenvalue weighted by Gasteiger charge is -2.40. The number of carbonyl (C=O) groups excluding carboxylic acids is 1. The molecule has 0 aliphatic carbocycles. The van der Waals surface area contributed by atoms with Crippen molar-refractivity contribution in [3.63, 3.8) is 0 Å². The molecule has 1 aliphatic heterocycles. The van der Waals surface area contributed by atoms with Gasteiger partial charge in [-0.05, 0) is 32.9 Å². The highest BCUT2D eigenvalue weighted by molar-refractivity contribution is 14.0. The lowest BCUT2D eigenvalue weighted by atomic mass is 10.1. The minimum absolute atomic E-state index is 0. The number of rotatable bonds is 6. The average Bonchev–Trinajstić information content (AvgIpc) is 2.58. The van der Waals surface area contributed by atoms with Crippen LogP contribution in [0, 0.1) is 0 Å². The van der Waals surface area contributed by atoms with Gasteiger partial charge in [0.1, 0.15) is 10.5 Å². The van der Waals surface area contributed by atoms with E-state index in [4.69, 9.17) is 4.74 Å². The second kappa shape index (κ2) is 10.9. The molecule has 0 bridgehead atoms. The van der Waals surface area contributed by atoms with Gasteiger partial charge in [0.25, 0.3) is 0 Å². The van der Waals surface area contributed by atoms with Crippen LogP contribution in [0.1, 0.15) is 20.8 Å². The summed E-state index contributed by atoms with van der Waals surface area (Å²) in [5, 5.41) is 6.22. The molecule has 0 spiro atoms. The Morgan fingerprint density at radius 1 is 1.34 bits per heavy atom. The lowest BCUT2D eigenvalue weighted by molar-refractivity contribution is 0.00701. The SMILES string of the molecule is CN=C(NCCNS(=O)(=O)c1cccnc1)NC1CN(C(=O)OC(C)(C)C)C1.I. The van der Waals surface area contributed by atoms with E-state index in [1.54, 1.807) is 18.0 Å². The smallest absolute Gasteiger partial charge is 0.410 e. The summed E-state index contributed by atoms with van der Waals surface area (Å²) in [6.45, 7) is 7.05. The molecule has 1 aliphatic rings. The summed E-state index contributed by atoms with van der Waals surface area (Å²) in [6, 6.07) is 3.11. The molecular weight excluding hydrogens is 511 g/mol. The standard InChI is InChI=1S/C17H28N6O4S.HI/c1-17(2,3)27-16(24)23-11-13(12-23)22-15(18-4)20-8-9-21-28(25,26)14-6-5-7-19-10-14;/h5-7,10,13,21H,8-9,11-12H2,1-4H3,(H2,18,20,22);1H. The molecule has 12 heteroatoms. The predicted octanol–water partition coefficient (Wildman–Crippen LogP) is 0.762. The van der Waals surface area contributed by atoms with Crippen LogP contribution in [0.4, 0.5) is 4.79 Å². The first kappa shape index (κ1) is 25.4. The first-order valence-electron chi connectivity index (χ1n) is 8.95. The zero-order valence-corrected chi connectivity index (χ0v) is 20.2.